The predicted octanol–water partition coefficient (Wildman–Crippen LogP) is 1.29. The molecule has 0 rings (SSSR count). The first kappa shape index (κ1) is 9.37. The number of rotatable bonds is 3. The second-order valence-electron chi connectivity index (χ2n) is 2.81. The number of hydrogen-bond donors (Lipinski definition) is 1. The number of carbonyl (C=O) groups is 1. The van der Waals surface area contributed by atoms with E-state index in [1.165, 1.54) is 0 Å². The van der Waals surface area contributed by atoms with Crippen molar-refractivity contribution in [3.8, 4) is 0 Å². The minimum absolute atomic E-state index is 0.0764. The van der Waals surface area contributed by atoms with Crippen LogP contribution in [0, 0.1) is 0 Å². The third kappa shape index (κ3) is 2.31. The second-order valence-corrected chi connectivity index (χ2v) is 2.81. The van der Waals surface area contributed by atoms with Crippen molar-refractivity contribution >= 4 is 5.78 Å². The standard InChI is InChI=1S/C8H14O2/c1-5-7(9)6(2)8(3,4)10/h10H,2,5H2,1,3-4H3. The Morgan fingerprint density at radius 1 is 1.60 bits per heavy atom. The van der Waals surface area contributed by atoms with Crippen molar-refractivity contribution in [2.45, 2.75) is 32.8 Å². The topological polar surface area (TPSA) is 37.3 Å². The van der Waals surface area contributed by atoms with Crippen molar-refractivity contribution in [1.82, 2.24) is 0 Å². The fourth-order valence-electron chi connectivity index (χ4n) is 0.555. The van der Waals surface area contributed by atoms with Gasteiger partial charge < -0.3 is 5.11 Å². The van der Waals surface area contributed by atoms with Gasteiger partial charge in [0, 0.05) is 12.0 Å². The Morgan fingerprint density at radius 3 is 2.10 bits per heavy atom. The molecule has 0 atom stereocenters. The summed E-state index contributed by atoms with van der Waals surface area (Å²) in [7, 11) is 0. The molecule has 58 valence electrons. The van der Waals surface area contributed by atoms with E-state index in [1.54, 1.807) is 20.8 Å². The third-order valence-corrected chi connectivity index (χ3v) is 1.40. The SMILES string of the molecule is C=C(C(=O)CC)C(C)(C)O. The minimum Gasteiger partial charge on any atom is -0.386 e. The zero-order valence-electron chi connectivity index (χ0n) is 6.77. The fraction of sp³-hybridized carbons (Fsp3) is 0.625. The Hall–Kier alpha value is -0.630. The monoisotopic (exact) mass is 142 g/mol. The first-order valence-electron chi connectivity index (χ1n) is 3.34. The van der Waals surface area contributed by atoms with Crippen LogP contribution in [0.3, 0.4) is 0 Å². The lowest BCUT2D eigenvalue weighted by Gasteiger charge is -2.18. The number of aliphatic hydroxyl groups is 1. The van der Waals surface area contributed by atoms with E-state index < -0.39 is 5.60 Å². The van der Waals surface area contributed by atoms with Crippen LogP contribution in [0.15, 0.2) is 12.2 Å². The van der Waals surface area contributed by atoms with Crippen LogP contribution in [0.25, 0.3) is 0 Å². The molecule has 0 aromatic rings. The van der Waals surface area contributed by atoms with Crippen LogP contribution in [0.2, 0.25) is 0 Å². The van der Waals surface area contributed by atoms with E-state index in [9.17, 15) is 9.90 Å². The molecule has 0 heterocycles. The van der Waals surface area contributed by atoms with Gasteiger partial charge in [0.2, 0.25) is 0 Å². The average Bonchev–Trinajstić information content (AvgIpc) is 1.83. The van der Waals surface area contributed by atoms with Crippen LogP contribution in [0.1, 0.15) is 27.2 Å². The second kappa shape index (κ2) is 2.97. The molecule has 0 aliphatic carbocycles. The van der Waals surface area contributed by atoms with Crippen LogP contribution in [0.5, 0.6) is 0 Å². The van der Waals surface area contributed by atoms with Crippen molar-refractivity contribution in [3.05, 3.63) is 12.2 Å². The van der Waals surface area contributed by atoms with Gasteiger partial charge >= 0.3 is 0 Å². The van der Waals surface area contributed by atoms with Gasteiger partial charge in [-0.1, -0.05) is 13.5 Å². The van der Waals surface area contributed by atoms with E-state index in [0.29, 0.717) is 6.42 Å². The molecule has 0 saturated heterocycles. The summed E-state index contributed by atoms with van der Waals surface area (Å²) in [6.45, 7) is 8.36. The highest BCUT2D eigenvalue weighted by molar-refractivity contribution is 5.96. The van der Waals surface area contributed by atoms with Crippen LogP contribution >= 0.6 is 0 Å². The zero-order valence-corrected chi connectivity index (χ0v) is 6.77. The van der Waals surface area contributed by atoms with Gasteiger partial charge in [-0.2, -0.15) is 0 Å². The smallest absolute Gasteiger partial charge is 0.160 e. The van der Waals surface area contributed by atoms with Crippen LogP contribution in [-0.4, -0.2) is 16.5 Å². The van der Waals surface area contributed by atoms with Crippen molar-refractivity contribution in [2.24, 2.45) is 0 Å². The van der Waals surface area contributed by atoms with Crippen LogP contribution < -0.4 is 0 Å². The molecular formula is C8H14O2. The highest BCUT2D eigenvalue weighted by Gasteiger charge is 2.21. The molecule has 10 heavy (non-hydrogen) atoms. The van der Waals surface area contributed by atoms with Gasteiger partial charge in [-0.25, -0.2) is 0 Å². The average molecular weight is 142 g/mol. The molecule has 2 heteroatoms. The Kier molecular flexibility index (Phi) is 2.78. The molecule has 0 unspecified atom stereocenters. The number of hydrogen-bond acceptors (Lipinski definition) is 2. The lowest BCUT2D eigenvalue weighted by molar-refractivity contribution is -0.117. The van der Waals surface area contributed by atoms with E-state index in [1.807, 2.05) is 0 Å². The normalized spacial score (nSPS) is 11.2. The van der Waals surface area contributed by atoms with Gasteiger partial charge in [0.25, 0.3) is 0 Å². The van der Waals surface area contributed by atoms with Gasteiger partial charge in [-0.05, 0) is 13.8 Å². The quantitative estimate of drug-likeness (QED) is 0.603. The maximum Gasteiger partial charge on any atom is 0.160 e. The van der Waals surface area contributed by atoms with E-state index >= 15 is 0 Å². The molecule has 0 aliphatic rings. The third-order valence-electron chi connectivity index (χ3n) is 1.40. The summed E-state index contributed by atoms with van der Waals surface area (Å²) in [6, 6.07) is 0. The zero-order chi connectivity index (χ0) is 8.36. The molecule has 0 fully saturated rings. The molecule has 1 N–H and O–H groups in total. The number of Topliss-reactive ketones (excluding diaryl/α,β-unsaturated/α-hetero) is 1. The van der Waals surface area contributed by atoms with Gasteiger partial charge in [0.05, 0.1) is 5.60 Å². The first-order chi connectivity index (χ1) is 4.39. The summed E-state index contributed by atoms with van der Waals surface area (Å²) in [4.78, 5) is 10.9. The Morgan fingerprint density at radius 2 is 2.00 bits per heavy atom. The highest BCUT2D eigenvalue weighted by atomic mass is 16.3. The molecule has 0 aromatic heterocycles. The Balaban J connectivity index is 4.24. The molecule has 2 nitrogen and oxygen atoms in total. The van der Waals surface area contributed by atoms with Crippen molar-refractivity contribution in [2.75, 3.05) is 0 Å². The number of carbonyl (C=O) groups excluding carboxylic acids is 1. The van der Waals surface area contributed by atoms with Gasteiger partial charge in [0.15, 0.2) is 5.78 Å². The maximum atomic E-state index is 10.9. The van der Waals surface area contributed by atoms with Gasteiger partial charge in [-0.15, -0.1) is 0 Å². The summed E-state index contributed by atoms with van der Waals surface area (Å²) in [6.07, 6.45) is 0.406. The van der Waals surface area contributed by atoms with Crippen molar-refractivity contribution in [3.63, 3.8) is 0 Å². The van der Waals surface area contributed by atoms with Crippen molar-refractivity contribution < 1.29 is 9.90 Å². The fourth-order valence-corrected chi connectivity index (χ4v) is 0.555. The molecule has 0 aromatic carbocycles. The van der Waals surface area contributed by atoms with Crippen LogP contribution in [-0.2, 0) is 4.79 Å². The maximum absolute atomic E-state index is 10.9. The summed E-state index contributed by atoms with van der Waals surface area (Å²) in [5.41, 5.74) is -0.775. The molecular weight excluding hydrogens is 128 g/mol. The summed E-state index contributed by atoms with van der Waals surface area (Å²) in [5, 5.41) is 9.27. The van der Waals surface area contributed by atoms with E-state index in [2.05, 4.69) is 6.58 Å². The van der Waals surface area contributed by atoms with Gasteiger partial charge in [0.1, 0.15) is 0 Å². The lowest BCUT2D eigenvalue weighted by Crippen LogP contribution is -2.26. The highest BCUT2D eigenvalue weighted by Crippen LogP contribution is 2.14. The largest absolute Gasteiger partial charge is 0.386 e. The van der Waals surface area contributed by atoms with Crippen molar-refractivity contribution in [1.29, 1.82) is 0 Å². The van der Waals surface area contributed by atoms with E-state index in [4.69, 9.17) is 0 Å². The Bertz CT molecular complexity index is 151. The van der Waals surface area contributed by atoms with Crippen LogP contribution in [0.4, 0.5) is 0 Å². The molecule has 0 radical (unpaired) electrons. The Labute approximate surface area is 61.6 Å². The summed E-state index contributed by atoms with van der Waals surface area (Å²) < 4.78 is 0. The number of ketones is 1. The predicted molar refractivity (Wildman–Crippen MR) is 40.7 cm³/mol. The van der Waals surface area contributed by atoms with Gasteiger partial charge in [-0.3, -0.25) is 4.79 Å². The molecule has 0 amide bonds. The van der Waals surface area contributed by atoms with E-state index in [-0.39, 0.29) is 11.4 Å². The summed E-state index contributed by atoms with van der Waals surface area (Å²) >= 11 is 0. The molecule has 0 saturated carbocycles. The minimum atomic E-state index is -1.06. The molecule has 0 aliphatic heterocycles. The lowest BCUT2D eigenvalue weighted by atomic mass is 9.95. The molecule has 0 bridgehead atoms. The van der Waals surface area contributed by atoms with E-state index in [0.717, 1.165) is 0 Å². The molecule has 0 spiro atoms. The first-order valence-corrected chi connectivity index (χ1v) is 3.34. The summed E-state index contributed by atoms with van der Waals surface area (Å²) in [5.74, 6) is -0.0764.